The van der Waals surface area contributed by atoms with Gasteiger partial charge in [-0.05, 0) is 67.5 Å². The summed E-state index contributed by atoms with van der Waals surface area (Å²) in [5.41, 5.74) is 1.66. The van der Waals surface area contributed by atoms with Crippen LogP contribution >= 0.6 is 11.6 Å². The number of pyridine rings is 1. The van der Waals surface area contributed by atoms with Crippen LogP contribution in [0.1, 0.15) is 51.2 Å². The second-order valence-electron chi connectivity index (χ2n) is 9.48. The van der Waals surface area contributed by atoms with E-state index in [2.05, 4.69) is 24.1 Å². The number of nitrogens with one attached hydrogen (secondary N) is 1. The molecule has 0 saturated carbocycles. The van der Waals surface area contributed by atoms with Gasteiger partial charge in [-0.25, -0.2) is 8.42 Å². The van der Waals surface area contributed by atoms with E-state index >= 15 is 0 Å². The van der Waals surface area contributed by atoms with Crippen LogP contribution in [0.5, 0.6) is 0 Å². The number of sulfonamides is 1. The van der Waals surface area contributed by atoms with Crippen LogP contribution in [0.3, 0.4) is 0 Å². The Morgan fingerprint density at radius 1 is 1.18 bits per heavy atom. The van der Waals surface area contributed by atoms with Gasteiger partial charge in [0.05, 0.1) is 17.9 Å². The first-order valence-corrected chi connectivity index (χ1v) is 13.8. The van der Waals surface area contributed by atoms with Gasteiger partial charge in [0.1, 0.15) is 4.90 Å². The van der Waals surface area contributed by atoms with Gasteiger partial charge < -0.3 is 14.8 Å². The van der Waals surface area contributed by atoms with E-state index < -0.39 is 10.0 Å². The number of hydrogen-bond acceptors (Lipinski definition) is 6. The Bertz CT molecular complexity index is 1040. The van der Waals surface area contributed by atoms with Gasteiger partial charge in [-0.15, -0.1) is 0 Å². The highest BCUT2D eigenvalue weighted by molar-refractivity contribution is 7.89. The van der Waals surface area contributed by atoms with Crippen molar-refractivity contribution in [2.45, 2.75) is 62.7 Å². The molecular formula is C25H34ClN3O4S. The fourth-order valence-electron chi connectivity index (χ4n) is 4.49. The molecule has 2 aliphatic rings. The maximum absolute atomic E-state index is 13.6. The van der Waals surface area contributed by atoms with Crippen molar-refractivity contribution in [2.24, 2.45) is 5.92 Å². The molecule has 1 aromatic carbocycles. The smallest absolute Gasteiger partial charge is 0.245 e. The molecule has 0 aliphatic carbocycles. The molecule has 0 radical (unpaired) electrons. The van der Waals surface area contributed by atoms with Gasteiger partial charge in [0.15, 0.2) is 0 Å². The van der Waals surface area contributed by atoms with E-state index in [1.165, 1.54) is 0 Å². The van der Waals surface area contributed by atoms with Crippen molar-refractivity contribution in [3.8, 4) is 0 Å². The van der Waals surface area contributed by atoms with E-state index in [0.717, 1.165) is 18.4 Å². The van der Waals surface area contributed by atoms with Gasteiger partial charge in [-0.1, -0.05) is 25.4 Å². The minimum absolute atomic E-state index is 0.0496. The lowest BCUT2D eigenvalue weighted by atomic mass is 9.98. The Kier molecular flexibility index (Phi) is 8.47. The fourth-order valence-corrected chi connectivity index (χ4v) is 6.38. The number of benzene rings is 1. The average Bonchev–Trinajstić information content (AvgIpc) is 2.85. The van der Waals surface area contributed by atoms with E-state index in [0.29, 0.717) is 55.8 Å². The summed E-state index contributed by atoms with van der Waals surface area (Å²) in [4.78, 5) is 4.31. The molecule has 2 atom stereocenters. The number of anilines is 1. The lowest BCUT2D eigenvalue weighted by molar-refractivity contribution is 0.00749. The molecule has 0 bridgehead atoms. The molecule has 2 aliphatic heterocycles. The summed E-state index contributed by atoms with van der Waals surface area (Å²) >= 11 is 6.25. The van der Waals surface area contributed by atoms with Gasteiger partial charge in [0.25, 0.3) is 0 Å². The third kappa shape index (κ3) is 6.29. The third-order valence-electron chi connectivity index (χ3n) is 6.35. The average molecular weight is 508 g/mol. The molecular weight excluding hydrogens is 474 g/mol. The number of nitrogens with zero attached hydrogens (tertiary/aromatic N) is 2. The predicted molar refractivity (Wildman–Crippen MR) is 134 cm³/mol. The predicted octanol–water partition coefficient (Wildman–Crippen LogP) is 4.89. The zero-order chi connectivity index (χ0) is 24.1. The molecule has 1 aromatic heterocycles. The SMILES string of the molecule is CC(C)COC1CCN(S(=O)(=O)c2cc(Cl)ccc2N[C@@H]2CCO[C@H](c3ccncc3)C2)CC1. The molecule has 2 fully saturated rings. The van der Waals surface area contributed by atoms with Crippen LogP contribution in [-0.2, 0) is 19.5 Å². The van der Waals surface area contributed by atoms with Crippen molar-refractivity contribution in [2.75, 3.05) is 31.6 Å². The van der Waals surface area contributed by atoms with Gasteiger partial charge in [0.2, 0.25) is 10.0 Å². The van der Waals surface area contributed by atoms with Gasteiger partial charge >= 0.3 is 0 Å². The van der Waals surface area contributed by atoms with Crippen molar-refractivity contribution in [3.63, 3.8) is 0 Å². The lowest BCUT2D eigenvalue weighted by Gasteiger charge is -2.33. The summed E-state index contributed by atoms with van der Waals surface area (Å²) in [6.45, 7) is 6.42. The minimum Gasteiger partial charge on any atom is -0.381 e. The Morgan fingerprint density at radius 3 is 2.62 bits per heavy atom. The Labute approximate surface area is 207 Å². The molecule has 1 N–H and O–H groups in total. The number of halogens is 1. The largest absolute Gasteiger partial charge is 0.381 e. The summed E-state index contributed by atoms with van der Waals surface area (Å²) < 4.78 is 40.7. The number of rotatable bonds is 8. The number of aromatic nitrogens is 1. The summed E-state index contributed by atoms with van der Waals surface area (Å²) in [6, 6.07) is 9.05. The summed E-state index contributed by atoms with van der Waals surface area (Å²) in [5.74, 6) is 0.463. The number of hydrogen-bond donors (Lipinski definition) is 1. The zero-order valence-corrected chi connectivity index (χ0v) is 21.4. The van der Waals surface area contributed by atoms with Crippen LogP contribution in [0.15, 0.2) is 47.6 Å². The van der Waals surface area contributed by atoms with Gasteiger partial charge in [0, 0.05) is 49.8 Å². The molecule has 0 amide bonds. The van der Waals surface area contributed by atoms with Gasteiger partial charge in [-0.3, -0.25) is 4.98 Å². The number of ether oxygens (including phenoxy) is 2. The molecule has 2 saturated heterocycles. The maximum Gasteiger partial charge on any atom is 0.245 e. The van der Waals surface area contributed by atoms with E-state index in [1.807, 2.05) is 12.1 Å². The molecule has 186 valence electrons. The van der Waals surface area contributed by atoms with Crippen molar-refractivity contribution in [1.82, 2.24) is 9.29 Å². The van der Waals surface area contributed by atoms with Crippen LogP contribution in [0.4, 0.5) is 5.69 Å². The summed E-state index contributed by atoms with van der Waals surface area (Å²) in [5, 5.41) is 3.88. The molecule has 3 heterocycles. The van der Waals surface area contributed by atoms with E-state index in [9.17, 15) is 8.42 Å². The van der Waals surface area contributed by atoms with Crippen molar-refractivity contribution >= 4 is 27.3 Å². The van der Waals surface area contributed by atoms with E-state index in [-0.39, 0.29) is 23.1 Å². The van der Waals surface area contributed by atoms with Crippen LogP contribution in [-0.4, -0.2) is 56.2 Å². The first kappa shape index (κ1) is 25.4. The summed E-state index contributed by atoms with van der Waals surface area (Å²) in [6.07, 6.45) is 6.51. The molecule has 7 nitrogen and oxygen atoms in total. The first-order valence-electron chi connectivity index (χ1n) is 12.0. The standard InChI is InChI=1S/C25H34ClN3O4S/c1-18(2)17-33-22-7-12-29(13-8-22)34(30,31)25-15-20(26)3-4-23(25)28-21-9-14-32-24(16-21)19-5-10-27-11-6-19/h3-6,10-11,15,18,21-22,24,28H,7-9,12-14,16-17H2,1-2H3/t21-,24+/m1/s1. The molecule has 0 unspecified atom stereocenters. The molecule has 2 aromatic rings. The zero-order valence-electron chi connectivity index (χ0n) is 19.8. The fraction of sp³-hybridized carbons (Fsp3) is 0.560. The molecule has 34 heavy (non-hydrogen) atoms. The van der Waals surface area contributed by atoms with Crippen LogP contribution < -0.4 is 5.32 Å². The Balaban J connectivity index is 1.46. The molecule has 9 heteroatoms. The van der Waals surface area contributed by atoms with Crippen LogP contribution in [0.2, 0.25) is 5.02 Å². The van der Waals surface area contributed by atoms with Crippen LogP contribution in [0, 0.1) is 5.92 Å². The highest BCUT2D eigenvalue weighted by Gasteiger charge is 2.33. The quantitative estimate of drug-likeness (QED) is 0.547. The normalized spacial score (nSPS) is 22.7. The van der Waals surface area contributed by atoms with Crippen molar-refractivity contribution in [1.29, 1.82) is 0 Å². The third-order valence-corrected chi connectivity index (χ3v) is 8.52. The van der Waals surface area contributed by atoms with Gasteiger partial charge in [-0.2, -0.15) is 4.31 Å². The van der Waals surface area contributed by atoms with Crippen molar-refractivity contribution < 1.29 is 17.9 Å². The van der Waals surface area contributed by atoms with Crippen molar-refractivity contribution in [3.05, 3.63) is 53.3 Å². The van der Waals surface area contributed by atoms with E-state index in [4.69, 9.17) is 21.1 Å². The second kappa shape index (κ2) is 11.4. The number of piperidine rings is 1. The monoisotopic (exact) mass is 507 g/mol. The van der Waals surface area contributed by atoms with E-state index in [1.54, 1.807) is 34.9 Å². The lowest BCUT2D eigenvalue weighted by Crippen LogP contribution is -2.41. The maximum atomic E-state index is 13.6. The molecule has 4 rings (SSSR count). The first-order chi connectivity index (χ1) is 16.3. The minimum atomic E-state index is -3.70. The van der Waals surface area contributed by atoms with Crippen LogP contribution in [0.25, 0.3) is 0 Å². The molecule has 0 spiro atoms. The topological polar surface area (TPSA) is 80.8 Å². The Hall–Kier alpha value is -1.71. The summed E-state index contributed by atoms with van der Waals surface area (Å²) in [7, 11) is -3.70. The second-order valence-corrected chi connectivity index (χ2v) is 11.8. The highest BCUT2D eigenvalue weighted by Crippen LogP contribution is 2.34. The highest BCUT2D eigenvalue weighted by atomic mass is 35.5. The Morgan fingerprint density at radius 2 is 1.91 bits per heavy atom.